The highest BCUT2D eigenvalue weighted by Crippen LogP contribution is 2.39. The van der Waals surface area contributed by atoms with Crippen molar-refractivity contribution in [3.63, 3.8) is 0 Å². The zero-order valence-corrected chi connectivity index (χ0v) is 23.4. The molecule has 0 aromatic heterocycles. The molecule has 0 spiro atoms. The number of hydrogen-bond acceptors (Lipinski definition) is 10. The van der Waals surface area contributed by atoms with E-state index in [0.717, 1.165) is 0 Å². The number of alkyl carbamates (subject to hydrolysis) is 1. The molecule has 0 radical (unpaired) electrons. The van der Waals surface area contributed by atoms with Crippen LogP contribution in [-0.4, -0.2) is 72.8 Å². The van der Waals surface area contributed by atoms with Gasteiger partial charge in [-0.25, -0.2) is 4.79 Å². The molecule has 2 fully saturated rings. The minimum Gasteiger partial charge on any atom is -0.480 e. The zero-order valence-electron chi connectivity index (χ0n) is 23.4. The molecule has 5 N–H and O–H groups in total. The van der Waals surface area contributed by atoms with Crippen molar-refractivity contribution in [1.29, 1.82) is 0 Å². The summed E-state index contributed by atoms with van der Waals surface area (Å²) in [7, 11) is -0.395. The highest BCUT2D eigenvalue weighted by molar-refractivity contribution is 6.45. The average Bonchev–Trinajstić information content (AvgIpc) is 3.20. The van der Waals surface area contributed by atoms with Crippen molar-refractivity contribution in [2.75, 3.05) is 36.4 Å². The van der Waals surface area contributed by atoms with Crippen molar-refractivity contribution in [2.45, 2.75) is 90.0 Å². The van der Waals surface area contributed by atoms with Gasteiger partial charge in [0.25, 0.3) is 10.9 Å². The average molecular weight is 536 g/mol. The molecular weight excluding hydrogens is 495 g/mol. The fourth-order valence-electron chi connectivity index (χ4n) is 4.83. The molecule has 1 amide bonds. The lowest BCUT2D eigenvalue weighted by molar-refractivity contribution is -0.144. The highest BCUT2D eigenvalue weighted by Gasteiger charge is 2.53. The van der Waals surface area contributed by atoms with E-state index in [1.165, 1.54) is 0 Å². The van der Waals surface area contributed by atoms with E-state index in [1.54, 1.807) is 25.7 Å². The van der Waals surface area contributed by atoms with E-state index in [-0.39, 0.29) is 37.6 Å². The third-order valence-corrected chi connectivity index (χ3v) is 7.61. The Labute approximate surface area is 223 Å². The first-order valence-corrected chi connectivity index (χ1v) is 13.0. The highest BCUT2D eigenvalue weighted by atomic mass is 16.7. The number of amides is 1. The van der Waals surface area contributed by atoms with Gasteiger partial charge in [-0.1, -0.05) is 6.42 Å². The number of anilines is 2. The van der Waals surface area contributed by atoms with Crippen LogP contribution in [0, 0.1) is 5.92 Å². The van der Waals surface area contributed by atoms with Crippen molar-refractivity contribution in [3.05, 3.63) is 20.4 Å². The number of ether oxygens (including phenoxy) is 1. The first-order valence-electron chi connectivity index (χ1n) is 13.0. The fourth-order valence-corrected chi connectivity index (χ4v) is 4.83. The Morgan fingerprint density at radius 1 is 1.13 bits per heavy atom. The summed E-state index contributed by atoms with van der Waals surface area (Å²) in [6.45, 7) is 13.6. The van der Waals surface area contributed by atoms with Crippen LogP contribution in [0.4, 0.5) is 16.2 Å². The number of carboxylic acid groups (broad SMARTS) is 1. The number of aliphatic carboxylic acids is 1. The quantitative estimate of drug-likeness (QED) is 0.193. The molecule has 38 heavy (non-hydrogen) atoms. The second-order valence-electron chi connectivity index (χ2n) is 12.3. The van der Waals surface area contributed by atoms with Crippen molar-refractivity contribution in [1.82, 2.24) is 5.32 Å². The standard InChI is InChI=1S/C25H41BN4O8/c1-22(2,3)36-21(35)29-12-11-28-16-17(19(32)18(16)31)30-13-15(25(27,14-30)20(33)34)9-8-10-26-37-23(4,5)24(6,7)38-26/h15,28H,8-14,27H2,1-7H3,(H,29,35)(H,33,34)/t15-,25-/m0/s1. The topological polar surface area (TPSA) is 170 Å². The van der Waals surface area contributed by atoms with Crippen LogP contribution in [0.15, 0.2) is 9.59 Å². The summed E-state index contributed by atoms with van der Waals surface area (Å²) in [4.78, 5) is 50.3. The van der Waals surface area contributed by atoms with Gasteiger partial charge < -0.3 is 40.4 Å². The molecule has 1 aromatic rings. The van der Waals surface area contributed by atoms with Crippen molar-refractivity contribution in [3.8, 4) is 0 Å². The Hall–Kier alpha value is -2.64. The maximum Gasteiger partial charge on any atom is 0.457 e. The van der Waals surface area contributed by atoms with Crippen LogP contribution < -0.4 is 32.1 Å². The molecule has 212 valence electrons. The van der Waals surface area contributed by atoms with Gasteiger partial charge in [-0.05, 0) is 61.2 Å². The number of hydrogen-bond donors (Lipinski definition) is 4. The molecule has 0 unspecified atom stereocenters. The third kappa shape index (κ3) is 6.15. The Morgan fingerprint density at radius 2 is 1.74 bits per heavy atom. The predicted molar refractivity (Wildman–Crippen MR) is 144 cm³/mol. The van der Waals surface area contributed by atoms with E-state index in [4.69, 9.17) is 19.8 Å². The maximum absolute atomic E-state index is 12.5. The number of rotatable bonds is 10. The number of carboxylic acids is 1. The minimum atomic E-state index is -1.58. The van der Waals surface area contributed by atoms with Gasteiger partial charge >= 0.3 is 19.2 Å². The number of nitrogens with zero attached hydrogens (tertiary/aromatic N) is 1. The first kappa shape index (κ1) is 29.9. The largest absolute Gasteiger partial charge is 0.480 e. The second kappa shape index (κ2) is 10.5. The van der Waals surface area contributed by atoms with E-state index in [0.29, 0.717) is 19.2 Å². The maximum atomic E-state index is 12.5. The third-order valence-electron chi connectivity index (χ3n) is 7.61. The molecule has 0 aliphatic carbocycles. The Balaban J connectivity index is 1.60. The minimum absolute atomic E-state index is 0.0980. The van der Waals surface area contributed by atoms with Crippen molar-refractivity contribution >= 4 is 30.6 Å². The molecule has 1 aromatic carbocycles. The van der Waals surface area contributed by atoms with E-state index in [2.05, 4.69) is 10.6 Å². The predicted octanol–water partition coefficient (Wildman–Crippen LogP) is 1.31. The molecule has 2 saturated heterocycles. The molecule has 3 rings (SSSR count). The Kier molecular flexibility index (Phi) is 8.26. The van der Waals surface area contributed by atoms with Crippen LogP contribution in [0.2, 0.25) is 6.32 Å². The van der Waals surface area contributed by atoms with Crippen molar-refractivity contribution < 1.29 is 28.7 Å². The van der Waals surface area contributed by atoms with E-state index >= 15 is 0 Å². The van der Waals surface area contributed by atoms with Crippen molar-refractivity contribution in [2.24, 2.45) is 11.7 Å². The van der Waals surface area contributed by atoms with E-state index in [9.17, 15) is 24.3 Å². The number of nitrogens with one attached hydrogen (secondary N) is 2. The molecule has 12 nitrogen and oxygen atoms in total. The molecule has 2 atom stereocenters. The van der Waals surface area contributed by atoms with Gasteiger partial charge in [0.1, 0.15) is 22.5 Å². The van der Waals surface area contributed by atoms with Gasteiger partial charge in [-0.15, -0.1) is 0 Å². The van der Waals surface area contributed by atoms with Crippen LogP contribution in [0.25, 0.3) is 0 Å². The number of nitrogens with two attached hydrogens (primary N) is 1. The van der Waals surface area contributed by atoms with Crippen LogP contribution in [-0.2, 0) is 18.8 Å². The van der Waals surface area contributed by atoms with E-state index in [1.807, 2.05) is 27.7 Å². The summed E-state index contributed by atoms with van der Waals surface area (Å²) < 4.78 is 17.2. The van der Waals surface area contributed by atoms with Crippen LogP contribution >= 0.6 is 0 Å². The lowest BCUT2D eigenvalue weighted by Crippen LogP contribution is -2.55. The molecule has 2 heterocycles. The molecule has 2 aliphatic heterocycles. The summed E-state index contributed by atoms with van der Waals surface area (Å²) in [6.07, 6.45) is 1.09. The summed E-state index contributed by atoms with van der Waals surface area (Å²) in [5.41, 5.74) is 2.12. The normalized spacial score (nSPS) is 24.6. The van der Waals surface area contributed by atoms with Gasteiger partial charge in [0, 0.05) is 32.1 Å². The zero-order chi connectivity index (χ0) is 28.7. The molecule has 13 heteroatoms. The number of carbonyl (C=O) groups excluding carboxylic acids is 1. The molecule has 0 saturated carbocycles. The van der Waals surface area contributed by atoms with Gasteiger partial charge in [0.2, 0.25) is 0 Å². The molecule has 0 bridgehead atoms. The van der Waals surface area contributed by atoms with Gasteiger partial charge in [-0.2, -0.15) is 0 Å². The second-order valence-corrected chi connectivity index (χ2v) is 12.3. The molecular formula is C25H41BN4O8. The summed E-state index contributed by atoms with van der Waals surface area (Å²) >= 11 is 0. The van der Waals surface area contributed by atoms with Gasteiger partial charge in [0.05, 0.1) is 11.2 Å². The number of carbonyl (C=O) groups is 2. The van der Waals surface area contributed by atoms with Gasteiger partial charge in [-0.3, -0.25) is 14.4 Å². The lowest BCUT2D eigenvalue weighted by atomic mass is 9.78. The Morgan fingerprint density at radius 3 is 2.29 bits per heavy atom. The fraction of sp³-hybridized carbons (Fsp3) is 0.760. The van der Waals surface area contributed by atoms with Crippen LogP contribution in [0.1, 0.15) is 61.3 Å². The summed E-state index contributed by atoms with van der Waals surface area (Å²) in [5, 5.41) is 15.4. The lowest BCUT2D eigenvalue weighted by Gasteiger charge is -2.32. The Bertz CT molecular complexity index is 1110. The van der Waals surface area contributed by atoms with Gasteiger partial charge in [0.15, 0.2) is 0 Å². The summed E-state index contributed by atoms with van der Waals surface area (Å²) in [5.74, 6) is -1.61. The molecule has 2 aliphatic rings. The van der Waals surface area contributed by atoms with Crippen LogP contribution in [0.3, 0.4) is 0 Å². The first-order chi connectivity index (χ1) is 17.4. The van der Waals surface area contributed by atoms with E-state index < -0.39 is 58.3 Å². The van der Waals surface area contributed by atoms with Crippen LogP contribution in [0.5, 0.6) is 0 Å². The SMILES string of the molecule is CC(C)(C)OC(=O)NCCNc1c(N2C[C@H](CCCB3OC(C)(C)C(C)(C)O3)[C@](N)(C(=O)O)C2)c(=O)c1=O. The summed E-state index contributed by atoms with van der Waals surface area (Å²) in [6, 6.07) is 0. The smallest absolute Gasteiger partial charge is 0.457 e. The monoisotopic (exact) mass is 536 g/mol.